The Balaban J connectivity index is 2.01. The molecule has 2 rings (SSSR count). The monoisotopic (exact) mass is 283 g/mol. The molecule has 21 heavy (non-hydrogen) atoms. The fraction of sp³-hybridized carbons (Fsp3) is 0.176. The van der Waals surface area contributed by atoms with E-state index in [9.17, 15) is 9.18 Å². The Kier molecular flexibility index (Phi) is 4.68. The summed E-state index contributed by atoms with van der Waals surface area (Å²) in [7, 11) is 0. The van der Waals surface area contributed by atoms with Gasteiger partial charge in [-0.1, -0.05) is 24.3 Å². The first-order chi connectivity index (χ1) is 10.1. The average Bonchev–Trinajstić information content (AvgIpc) is 2.48. The lowest BCUT2D eigenvalue weighted by molar-refractivity contribution is 0.0695. The van der Waals surface area contributed by atoms with Crippen LogP contribution in [0.15, 0.2) is 42.5 Å². The second-order valence-corrected chi connectivity index (χ2v) is 4.74. The molecule has 0 fully saturated rings. The number of carbonyl (C=O) groups is 1. The van der Waals surface area contributed by atoms with Gasteiger partial charge in [0.2, 0.25) is 0 Å². The number of nitriles is 1. The van der Waals surface area contributed by atoms with Crippen LogP contribution in [-0.2, 0) is 12.8 Å². The molecule has 0 saturated heterocycles. The quantitative estimate of drug-likeness (QED) is 0.912. The molecule has 0 aromatic heterocycles. The predicted molar refractivity (Wildman–Crippen MR) is 76.5 cm³/mol. The van der Waals surface area contributed by atoms with Crippen LogP contribution in [0.5, 0.6) is 0 Å². The van der Waals surface area contributed by atoms with Gasteiger partial charge in [-0.3, -0.25) is 0 Å². The van der Waals surface area contributed by atoms with Gasteiger partial charge in [-0.25, -0.2) is 9.18 Å². The molecule has 0 atom stereocenters. The van der Waals surface area contributed by atoms with Gasteiger partial charge in [0.05, 0.1) is 11.1 Å². The summed E-state index contributed by atoms with van der Waals surface area (Å²) in [6, 6.07) is 13.2. The maximum Gasteiger partial charge on any atom is 0.335 e. The first kappa shape index (κ1) is 14.7. The largest absolute Gasteiger partial charge is 0.478 e. The number of hydrogen-bond acceptors (Lipinski definition) is 2. The first-order valence-electron chi connectivity index (χ1n) is 6.61. The summed E-state index contributed by atoms with van der Waals surface area (Å²) in [6.07, 6.45) is 1.97. The normalized spacial score (nSPS) is 10.1. The molecule has 3 nitrogen and oxygen atoms in total. The highest BCUT2D eigenvalue weighted by Crippen LogP contribution is 2.15. The first-order valence-corrected chi connectivity index (χ1v) is 6.61. The minimum Gasteiger partial charge on any atom is -0.478 e. The van der Waals surface area contributed by atoms with Crippen LogP contribution in [-0.4, -0.2) is 11.1 Å². The molecule has 0 bridgehead atoms. The molecule has 0 aliphatic carbocycles. The van der Waals surface area contributed by atoms with Crippen molar-refractivity contribution in [3.63, 3.8) is 0 Å². The minimum absolute atomic E-state index is 0.0370. The zero-order valence-corrected chi connectivity index (χ0v) is 11.3. The van der Waals surface area contributed by atoms with E-state index < -0.39 is 11.8 Å². The van der Waals surface area contributed by atoms with Crippen LogP contribution < -0.4 is 0 Å². The number of carboxylic acids is 1. The Morgan fingerprint density at radius 1 is 1.19 bits per heavy atom. The molecule has 0 heterocycles. The van der Waals surface area contributed by atoms with E-state index in [2.05, 4.69) is 0 Å². The highest BCUT2D eigenvalue weighted by Gasteiger charge is 2.09. The zero-order chi connectivity index (χ0) is 15.2. The third-order valence-corrected chi connectivity index (χ3v) is 3.31. The lowest BCUT2D eigenvalue weighted by Gasteiger charge is -2.06. The van der Waals surface area contributed by atoms with Crippen molar-refractivity contribution >= 4 is 5.97 Å². The second-order valence-electron chi connectivity index (χ2n) is 4.74. The molecule has 2 aromatic carbocycles. The van der Waals surface area contributed by atoms with Crippen molar-refractivity contribution in [2.24, 2.45) is 0 Å². The van der Waals surface area contributed by atoms with Crippen molar-refractivity contribution in [3.8, 4) is 6.07 Å². The summed E-state index contributed by atoms with van der Waals surface area (Å²) in [5, 5.41) is 17.8. The maximum atomic E-state index is 13.5. The van der Waals surface area contributed by atoms with E-state index >= 15 is 0 Å². The number of benzene rings is 2. The van der Waals surface area contributed by atoms with E-state index in [-0.39, 0.29) is 5.56 Å². The topological polar surface area (TPSA) is 61.1 Å². The second kappa shape index (κ2) is 6.67. The molecule has 2 aromatic rings. The number of carboxylic acid groups (broad SMARTS) is 1. The summed E-state index contributed by atoms with van der Waals surface area (Å²) >= 11 is 0. The van der Waals surface area contributed by atoms with Gasteiger partial charge >= 0.3 is 5.97 Å². The Morgan fingerprint density at radius 3 is 2.62 bits per heavy atom. The Labute approximate surface area is 122 Å². The van der Waals surface area contributed by atoms with Gasteiger partial charge in [-0.15, -0.1) is 0 Å². The fourth-order valence-electron chi connectivity index (χ4n) is 2.23. The van der Waals surface area contributed by atoms with Gasteiger partial charge < -0.3 is 5.11 Å². The highest BCUT2D eigenvalue weighted by molar-refractivity contribution is 5.89. The van der Waals surface area contributed by atoms with Crippen molar-refractivity contribution in [1.82, 2.24) is 0 Å². The summed E-state index contributed by atoms with van der Waals surface area (Å²) in [4.78, 5) is 11.1. The molecule has 106 valence electrons. The predicted octanol–water partition coefficient (Wildman–Crippen LogP) is 3.57. The summed E-state index contributed by atoms with van der Waals surface area (Å²) in [5.74, 6) is -1.45. The van der Waals surface area contributed by atoms with Crippen molar-refractivity contribution in [2.45, 2.75) is 19.3 Å². The maximum absolute atomic E-state index is 13.5. The molecule has 0 aliphatic heterocycles. The lowest BCUT2D eigenvalue weighted by Crippen LogP contribution is -2.02. The van der Waals surface area contributed by atoms with Gasteiger partial charge in [0.25, 0.3) is 0 Å². The van der Waals surface area contributed by atoms with E-state index in [1.807, 2.05) is 6.07 Å². The molecular formula is C17H14FNO2. The van der Waals surface area contributed by atoms with E-state index in [0.29, 0.717) is 18.4 Å². The Bertz CT molecular complexity index is 704. The van der Waals surface area contributed by atoms with E-state index in [1.165, 1.54) is 12.1 Å². The Morgan fingerprint density at radius 2 is 1.95 bits per heavy atom. The highest BCUT2D eigenvalue weighted by atomic mass is 19.1. The molecule has 0 amide bonds. The molecule has 0 aliphatic rings. The molecule has 0 spiro atoms. The van der Waals surface area contributed by atoms with E-state index in [0.717, 1.165) is 17.5 Å². The summed E-state index contributed by atoms with van der Waals surface area (Å²) in [5.41, 5.74) is 1.93. The lowest BCUT2D eigenvalue weighted by atomic mass is 9.99. The zero-order valence-electron chi connectivity index (χ0n) is 11.3. The van der Waals surface area contributed by atoms with Gasteiger partial charge in [-0.2, -0.15) is 5.26 Å². The fourth-order valence-corrected chi connectivity index (χ4v) is 2.23. The SMILES string of the molecule is N#Cc1ccc(CCCc2ccccc2C(=O)O)cc1F. The Hall–Kier alpha value is -2.67. The summed E-state index contributed by atoms with van der Waals surface area (Å²) < 4.78 is 13.5. The number of aryl methyl sites for hydroxylation is 2. The van der Waals surface area contributed by atoms with Gasteiger partial charge in [-0.05, 0) is 48.6 Å². The summed E-state index contributed by atoms with van der Waals surface area (Å²) in [6.45, 7) is 0. The smallest absolute Gasteiger partial charge is 0.335 e. The van der Waals surface area contributed by atoms with Crippen LogP contribution >= 0.6 is 0 Å². The van der Waals surface area contributed by atoms with Crippen LogP contribution in [0.25, 0.3) is 0 Å². The molecule has 0 unspecified atom stereocenters. The minimum atomic E-state index is -0.935. The third-order valence-electron chi connectivity index (χ3n) is 3.31. The van der Waals surface area contributed by atoms with E-state index in [4.69, 9.17) is 10.4 Å². The average molecular weight is 283 g/mol. The van der Waals surface area contributed by atoms with Crippen LogP contribution in [0.2, 0.25) is 0 Å². The van der Waals surface area contributed by atoms with Crippen molar-refractivity contribution in [3.05, 3.63) is 70.5 Å². The van der Waals surface area contributed by atoms with Crippen molar-refractivity contribution < 1.29 is 14.3 Å². The van der Waals surface area contributed by atoms with Crippen molar-refractivity contribution in [1.29, 1.82) is 5.26 Å². The molecule has 0 saturated carbocycles. The number of halogens is 1. The van der Waals surface area contributed by atoms with Gasteiger partial charge in [0, 0.05) is 0 Å². The van der Waals surface area contributed by atoms with E-state index in [1.54, 1.807) is 30.3 Å². The number of rotatable bonds is 5. The van der Waals surface area contributed by atoms with Crippen LogP contribution in [0, 0.1) is 17.1 Å². The molecule has 4 heteroatoms. The van der Waals surface area contributed by atoms with Crippen molar-refractivity contribution in [2.75, 3.05) is 0 Å². The van der Waals surface area contributed by atoms with Gasteiger partial charge in [0.15, 0.2) is 0 Å². The van der Waals surface area contributed by atoms with Crippen LogP contribution in [0.3, 0.4) is 0 Å². The third kappa shape index (κ3) is 3.67. The number of hydrogen-bond donors (Lipinski definition) is 1. The molecular weight excluding hydrogens is 269 g/mol. The van der Waals surface area contributed by atoms with Gasteiger partial charge in [0.1, 0.15) is 11.9 Å². The number of aromatic carboxylic acids is 1. The standard InChI is InChI=1S/C17H14FNO2/c18-16-10-12(8-9-14(16)11-19)4-3-6-13-5-1-2-7-15(13)17(20)21/h1-2,5,7-10H,3-4,6H2,(H,20,21). The van der Waals surface area contributed by atoms with Crippen LogP contribution in [0.4, 0.5) is 4.39 Å². The number of nitrogens with zero attached hydrogens (tertiary/aromatic N) is 1. The molecule has 0 radical (unpaired) electrons. The van der Waals surface area contributed by atoms with Crippen LogP contribution in [0.1, 0.15) is 33.5 Å². The molecule has 1 N–H and O–H groups in total.